The van der Waals surface area contributed by atoms with Crippen molar-refractivity contribution in [3.63, 3.8) is 0 Å². The first kappa shape index (κ1) is 62.1. The quantitative estimate of drug-likeness (QED) is 0.0245. The number of ether oxygens (including phenoxy) is 1. The number of amides is 1. The van der Waals surface area contributed by atoms with Crippen molar-refractivity contribution in [3.05, 3.63) is 36.5 Å². The predicted molar refractivity (Wildman–Crippen MR) is 278 cm³/mol. The summed E-state index contributed by atoms with van der Waals surface area (Å²) < 4.78 is 5.91. The molecule has 0 saturated heterocycles. The van der Waals surface area contributed by atoms with Crippen LogP contribution in [0.1, 0.15) is 297 Å². The zero-order chi connectivity index (χ0) is 46.7. The van der Waals surface area contributed by atoms with Gasteiger partial charge in [0.15, 0.2) is 0 Å². The van der Waals surface area contributed by atoms with Gasteiger partial charge >= 0.3 is 5.97 Å². The minimum Gasteiger partial charge on any atom is -0.462 e. The summed E-state index contributed by atoms with van der Waals surface area (Å²) in [4.78, 5) is 26.2. The Morgan fingerprint density at radius 2 is 0.812 bits per heavy atom. The van der Waals surface area contributed by atoms with Gasteiger partial charge in [0, 0.05) is 6.42 Å². The second-order valence-electron chi connectivity index (χ2n) is 19.4. The zero-order valence-electron chi connectivity index (χ0n) is 42.9. The lowest BCUT2D eigenvalue weighted by atomic mass is 10.0. The smallest absolute Gasteiger partial charge is 0.306 e. The Morgan fingerprint density at radius 3 is 1.23 bits per heavy atom. The first-order valence-electron chi connectivity index (χ1n) is 28.2. The van der Waals surface area contributed by atoms with E-state index in [9.17, 15) is 19.8 Å². The molecular formula is C58H109NO5. The molecule has 0 bridgehead atoms. The van der Waals surface area contributed by atoms with Gasteiger partial charge in [-0.15, -0.1) is 0 Å². The summed E-state index contributed by atoms with van der Waals surface area (Å²) in [5.74, 6) is -0.529. The van der Waals surface area contributed by atoms with Gasteiger partial charge in [0.05, 0.1) is 25.2 Å². The highest BCUT2D eigenvalue weighted by molar-refractivity contribution is 5.77. The van der Waals surface area contributed by atoms with E-state index in [2.05, 4.69) is 62.5 Å². The lowest BCUT2D eigenvalue weighted by molar-refractivity contribution is -0.151. The Morgan fingerprint density at radius 1 is 0.453 bits per heavy atom. The molecule has 6 nitrogen and oxygen atoms in total. The third kappa shape index (κ3) is 46.6. The number of allylic oxidation sites excluding steroid dienone is 6. The Labute approximate surface area is 398 Å². The topological polar surface area (TPSA) is 95.9 Å². The van der Waals surface area contributed by atoms with Gasteiger partial charge in [-0.2, -0.15) is 0 Å². The molecular weight excluding hydrogens is 791 g/mol. The van der Waals surface area contributed by atoms with Crippen LogP contribution in [0.3, 0.4) is 0 Å². The summed E-state index contributed by atoms with van der Waals surface area (Å²) >= 11 is 0. The number of rotatable bonds is 51. The Balaban J connectivity index is 4.58. The first-order chi connectivity index (χ1) is 31.5. The fraction of sp³-hybridized carbons (Fsp3) is 0.862. The van der Waals surface area contributed by atoms with Crippen LogP contribution in [0.4, 0.5) is 0 Å². The van der Waals surface area contributed by atoms with E-state index in [0.29, 0.717) is 19.3 Å². The summed E-state index contributed by atoms with van der Waals surface area (Å²) in [5.41, 5.74) is 0. The fourth-order valence-corrected chi connectivity index (χ4v) is 8.66. The van der Waals surface area contributed by atoms with Crippen molar-refractivity contribution < 1.29 is 24.5 Å². The molecule has 1 amide bonds. The van der Waals surface area contributed by atoms with Crippen molar-refractivity contribution in [1.82, 2.24) is 5.32 Å². The summed E-state index contributed by atoms with van der Waals surface area (Å²) in [5, 5.41) is 23.8. The van der Waals surface area contributed by atoms with Gasteiger partial charge in [-0.3, -0.25) is 9.59 Å². The highest BCUT2D eigenvalue weighted by atomic mass is 16.5. The highest BCUT2D eigenvalue weighted by Gasteiger charge is 2.24. The molecule has 3 unspecified atom stereocenters. The molecule has 0 aromatic carbocycles. The van der Waals surface area contributed by atoms with E-state index in [1.54, 1.807) is 0 Å². The van der Waals surface area contributed by atoms with E-state index >= 15 is 0 Å². The molecule has 376 valence electrons. The fourth-order valence-electron chi connectivity index (χ4n) is 8.66. The molecule has 0 fully saturated rings. The van der Waals surface area contributed by atoms with Gasteiger partial charge in [-0.05, 0) is 70.6 Å². The van der Waals surface area contributed by atoms with Gasteiger partial charge in [0.1, 0.15) is 6.10 Å². The van der Waals surface area contributed by atoms with Crippen LogP contribution in [0.15, 0.2) is 36.5 Å². The highest BCUT2D eigenvalue weighted by Crippen LogP contribution is 2.18. The minimum atomic E-state index is -0.801. The Hall–Kier alpha value is -1.92. The number of aliphatic hydroxyl groups excluding tert-OH is 2. The second kappa shape index (κ2) is 52.1. The Bertz CT molecular complexity index is 1060. The van der Waals surface area contributed by atoms with Crippen LogP contribution in [-0.4, -0.2) is 46.9 Å². The number of hydrogen-bond donors (Lipinski definition) is 3. The van der Waals surface area contributed by atoms with Crippen molar-refractivity contribution in [2.75, 3.05) is 6.61 Å². The van der Waals surface area contributed by atoms with Gasteiger partial charge in [-0.25, -0.2) is 0 Å². The number of hydrogen-bond acceptors (Lipinski definition) is 5. The standard InChI is InChI=1S/C58H109NO5/c1-4-7-10-13-16-19-22-25-28-29-30-32-35-38-41-44-47-50-56(61)55(53-60)59-57(62)52-54(49-46-43-40-37-34-31-26-23-20-17-14-11-8-5-2)64-58(63)51-48-45-42-39-36-33-27-24-21-18-15-12-9-6-3/h31,33-34,36-37,40,54-56,60-61H,4-30,32,35,38-39,41-53H2,1-3H3,(H,59,62)/b34-31+,36-33-,40-37+. The maximum Gasteiger partial charge on any atom is 0.306 e. The van der Waals surface area contributed by atoms with Crippen LogP contribution < -0.4 is 5.32 Å². The molecule has 0 aliphatic carbocycles. The van der Waals surface area contributed by atoms with Gasteiger partial charge in [0.25, 0.3) is 0 Å². The van der Waals surface area contributed by atoms with Crippen molar-refractivity contribution in [2.45, 2.75) is 315 Å². The van der Waals surface area contributed by atoms with Gasteiger partial charge in [-0.1, -0.05) is 250 Å². The van der Waals surface area contributed by atoms with E-state index in [-0.39, 0.29) is 24.9 Å². The summed E-state index contributed by atoms with van der Waals surface area (Å²) in [6, 6.07) is -0.717. The maximum atomic E-state index is 13.2. The third-order valence-electron chi connectivity index (χ3n) is 13.0. The van der Waals surface area contributed by atoms with Crippen LogP contribution in [-0.2, 0) is 14.3 Å². The first-order valence-corrected chi connectivity index (χ1v) is 28.2. The Kier molecular flexibility index (Phi) is 50.5. The molecule has 64 heavy (non-hydrogen) atoms. The van der Waals surface area contributed by atoms with Crippen LogP contribution in [0.25, 0.3) is 0 Å². The summed E-state index contributed by atoms with van der Waals surface area (Å²) in [6.07, 6.45) is 62.2. The molecule has 0 aliphatic rings. The lowest BCUT2D eigenvalue weighted by Crippen LogP contribution is -2.46. The van der Waals surface area contributed by atoms with Crippen molar-refractivity contribution in [1.29, 1.82) is 0 Å². The summed E-state index contributed by atoms with van der Waals surface area (Å²) in [6.45, 7) is 6.49. The van der Waals surface area contributed by atoms with E-state index in [1.807, 2.05) is 0 Å². The molecule has 0 heterocycles. The molecule has 0 aromatic heterocycles. The molecule has 0 aromatic rings. The number of nitrogens with one attached hydrogen (secondary N) is 1. The number of carbonyl (C=O) groups is 2. The van der Waals surface area contributed by atoms with Crippen LogP contribution in [0.2, 0.25) is 0 Å². The molecule has 0 rings (SSSR count). The van der Waals surface area contributed by atoms with Gasteiger partial charge < -0.3 is 20.3 Å². The number of esters is 1. The predicted octanol–water partition coefficient (Wildman–Crippen LogP) is 17.2. The van der Waals surface area contributed by atoms with Gasteiger partial charge in [0.2, 0.25) is 5.91 Å². The van der Waals surface area contributed by atoms with Crippen LogP contribution in [0.5, 0.6) is 0 Å². The largest absolute Gasteiger partial charge is 0.462 e. The molecule has 0 aliphatic heterocycles. The number of aliphatic hydroxyl groups is 2. The second-order valence-corrected chi connectivity index (χ2v) is 19.4. The molecule has 0 saturated carbocycles. The molecule has 6 heteroatoms. The lowest BCUT2D eigenvalue weighted by Gasteiger charge is -2.24. The zero-order valence-corrected chi connectivity index (χ0v) is 42.9. The van der Waals surface area contributed by atoms with Crippen molar-refractivity contribution in [3.8, 4) is 0 Å². The molecule has 3 N–H and O–H groups in total. The molecule has 0 radical (unpaired) electrons. The summed E-state index contributed by atoms with van der Waals surface area (Å²) in [7, 11) is 0. The van der Waals surface area contributed by atoms with Crippen LogP contribution in [0, 0.1) is 0 Å². The third-order valence-corrected chi connectivity index (χ3v) is 13.0. The van der Waals surface area contributed by atoms with E-state index < -0.39 is 18.2 Å². The van der Waals surface area contributed by atoms with E-state index in [4.69, 9.17) is 4.74 Å². The minimum absolute atomic E-state index is 0.0414. The molecule has 0 spiro atoms. The monoisotopic (exact) mass is 900 g/mol. The number of carbonyl (C=O) groups excluding carboxylic acids is 2. The van der Waals surface area contributed by atoms with E-state index in [1.165, 1.54) is 186 Å². The van der Waals surface area contributed by atoms with E-state index in [0.717, 1.165) is 64.2 Å². The SMILES string of the molecule is CCCCCCCCC/C=C\CCCCCC(=O)OC(CCC/C=C/C=C/CCCCCCCCC)CC(=O)NC(CO)C(O)CCCCCCCCCCCCCCCCCCC. The number of unbranched alkanes of at least 4 members (excludes halogenated alkanes) is 34. The molecule has 3 atom stereocenters. The average molecular weight is 901 g/mol. The normalized spacial score (nSPS) is 13.4. The maximum absolute atomic E-state index is 13.2. The van der Waals surface area contributed by atoms with Crippen LogP contribution >= 0.6 is 0 Å². The van der Waals surface area contributed by atoms with Crippen molar-refractivity contribution in [2.24, 2.45) is 0 Å². The van der Waals surface area contributed by atoms with Crippen molar-refractivity contribution >= 4 is 11.9 Å². The average Bonchev–Trinajstić information content (AvgIpc) is 3.29.